The van der Waals surface area contributed by atoms with E-state index in [1.165, 1.54) is 69.1 Å². The van der Waals surface area contributed by atoms with Gasteiger partial charge in [-0.05, 0) is 61.4 Å². The molecular weight excluding hydrogens is 468 g/mol. The highest BCUT2D eigenvalue weighted by Crippen LogP contribution is 2.30. The molecule has 0 aliphatic heterocycles. The summed E-state index contributed by atoms with van der Waals surface area (Å²) >= 11 is 1.41. The molecule has 0 N–H and O–H groups in total. The number of ether oxygens (including phenoxy) is 2. The Hall–Kier alpha value is -2.80. The van der Waals surface area contributed by atoms with Crippen LogP contribution in [0.15, 0.2) is 58.8 Å². The first-order chi connectivity index (χ1) is 17.8. The van der Waals surface area contributed by atoms with Gasteiger partial charge in [-0.3, -0.25) is 0 Å². The van der Waals surface area contributed by atoms with Crippen molar-refractivity contribution in [2.24, 2.45) is 10.2 Å². The summed E-state index contributed by atoms with van der Waals surface area (Å²) < 4.78 is 11.6. The van der Waals surface area contributed by atoms with Crippen LogP contribution in [-0.4, -0.2) is 23.4 Å². The molecule has 6 nitrogen and oxygen atoms in total. The summed E-state index contributed by atoms with van der Waals surface area (Å²) in [7, 11) is 0. The summed E-state index contributed by atoms with van der Waals surface area (Å²) in [5.41, 5.74) is 1.75. The number of unbranched alkanes of at least 4 members (excludes halogenated alkanes) is 9. The van der Waals surface area contributed by atoms with E-state index in [1.807, 2.05) is 48.5 Å². The van der Waals surface area contributed by atoms with Gasteiger partial charge in [-0.2, -0.15) is 0 Å². The van der Waals surface area contributed by atoms with Crippen molar-refractivity contribution in [1.82, 2.24) is 10.2 Å². The fourth-order valence-corrected chi connectivity index (χ4v) is 4.42. The zero-order chi connectivity index (χ0) is 25.3. The SMILES string of the molecule is CCCCCCCCCCOc1ccc(N=Nc2nnc(-c3ccc(OCCCCC)cc3)s2)cc1. The molecule has 0 aliphatic carbocycles. The third-order valence-electron chi connectivity index (χ3n) is 5.89. The lowest BCUT2D eigenvalue weighted by molar-refractivity contribution is 0.304. The number of hydrogen-bond donors (Lipinski definition) is 0. The van der Waals surface area contributed by atoms with Crippen LogP contribution >= 0.6 is 11.3 Å². The monoisotopic (exact) mass is 508 g/mol. The quantitative estimate of drug-likeness (QED) is 0.127. The maximum absolute atomic E-state index is 5.86. The van der Waals surface area contributed by atoms with Crippen molar-refractivity contribution in [3.8, 4) is 22.1 Å². The molecule has 0 unspecified atom stereocenters. The molecule has 3 rings (SSSR count). The van der Waals surface area contributed by atoms with Crippen LogP contribution in [0.3, 0.4) is 0 Å². The van der Waals surface area contributed by atoms with Crippen LogP contribution in [0.25, 0.3) is 10.6 Å². The Kier molecular flexibility index (Phi) is 13.0. The van der Waals surface area contributed by atoms with Gasteiger partial charge < -0.3 is 9.47 Å². The van der Waals surface area contributed by atoms with E-state index < -0.39 is 0 Å². The molecule has 0 atom stereocenters. The van der Waals surface area contributed by atoms with Gasteiger partial charge >= 0.3 is 0 Å². The molecule has 0 amide bonds. The molecule has 0 bridgehead atoms. The van der Waals surface area contributed by atoms with Gasteiger partial charge in [0.1, 0.15) is 16.5 Å². The highest BCUT2D eigenvalue weighted by Gasteiger charge is 2.07. The van der Waals surface area contributed by atoms with Gasteiger partial charge in [0, 0.05) is 5.56 Å². The van der Waals surface area contributed by atoms with Crippen LogP contribution in [0.2, 0.25) is 0 Å². The van der Waals surface area contributed by atoms with Crippen molar-refractivity contribution < 1.29 is 9.47 Å². The van der Waals surface area contributed by atoms with E-state index in [4.69, 9.17) is 9.47 Å². The molecule has 194 valence electrons. The molecule has 0 radical (unpaired) electrons. The van der Waals surface area contributed by atoms with Crippen molar-refractivity contribution in [2.75, 3.05) is 13.2 Å². The lowest BCUT2D eigenvalue weighted by Crippen LogP contribution is -1.96. The van der Waals surface area contributed by atoms with Gasteiger partial charge in [0.05, 0.1) is 18.9 Å². The van der Waals surface area contributed by atoms with Crippen molar-refractivity contribution in [3.63, 3.8) is 0 Å². The van der Waals surface area contributed by atoms with Gasteiger partial charge in [-0.25, -0.2) is 0 Å². The molecule has 1 heterocycles. The van der Waals surface area contributed by atoms with Crippen LogP contribution in [0.4, 0.5) is 10.8 Å². The van der Waals surface area contributed by atoms with E-state index in [1.54, 1.807) is 0 Å². The number of hydrogen-bond acceptors (Lipinski definition) is 7. The normalized spacial score (nSPS) is 11.3. The van der Waals surface area contributed by atoms with Gasteiger partial charge in [-0.1, -0.05) is 83.0 Å². The Labute approximate surface area is 220 Å². The Bertz CT molecular complexity index is 1000. The smallest absolute Gasteiger partial charge is 0.252 e. The second-order valence-electron chi connectivity index (χ2n) is 8.99. The van der Waals surface area contributed by atoms with Crippen LogP contribution in [0.1, 0.15) is 84.5 Å². The standard InChI is InChI=1S/C29H40N4O2S/c1-3-5-7-8-9-10-11-13-23-35-27-20-16-25(17-21-27)30-32-29-33-31-28(36-29)24-14-18-26(19-15-24)34-22-12-6-4-2/h14-21H,3-13,22-23H2,1-2H3. The summed E-state index contributed by atoms with van der Waals surface area (Å²) in [6.45, 7) is 5.96. The maximum atomic E-state index is 5.86. The lowest BCUT2D eigenvalue weighted by Gasteiger charge is -2.06. The zero-order valence-corrected chi connectivity index (χ0v) is 22.6. The third kappa shape index (κ3) is 10.4. The molecule has 1 aromatic heterocycles. The van der Waals surface area contributed by atoms with Crippen molar-refractivity contribution in [3.05, 3.63) is 48.5 Å². The highest BCUT2D eigenvalue weighted by atomic mass is 32.1. The number of aromatic nitrogens is 2. The molecule has 0 spiro atoms. The number of azo groups is 1. The largest absolute Gasteiger partial charge is 0.494 e. The summed E-state index contributed by atoms with van der Waals surface area (Å²) in [6, 6.07) is 15.7. The van der Waals surface area contributed by atoms with Gasteiger partial charge in [-0.15, -0.1) is 20.4 Å². The minimum atomic E-state index is 0.528. The van der Waals surface area contributed by atoms with Crippen LogP contribution in [0, 0.1) is 0 Å². The Morgan fingerprint density at radius 1 is 0.611 bits per heavy atom. The average Bonchev–Trinajstić information content (AvgIpc) is 3.39. The molecule has 0 saturated carbocycles. The maximum Gasteiger partial charge on any atom is 0.252 e. The second-order valence-corrected chi connectivity index (χ2v) is 9.94. The number of rotatable bonds is 18. The molecule has 7 heteroatoms. The molecular formula is C29H40N4O2S. The van der Waals surface area contributed by atoms with Crippen molar-refractivity contribution >= 4 is 22.2 Å². The van der Waals surface area contributed by atoms with Gasteiger partial charge in [0.25, 0.3) is 5.13 Å². The first kappa shape index (κ1) is 27.8. The molecule has 0 aliphatic rings. The molecule has 2 aromatic carbocycles. The highest BCUT2D eigenvalue weighted by molar-refractivity contribution is 7.18. The Morgan fingerprint density at radius 2 is 1.14 bits per heavy atom. The molecule has 36 heavy (non-hydrogen) atoms. The fourth-order valence-electron chi connectivity index (χ4n) is 3.74. The second kappa shape index (κ2) is 16.8. The minimum Gasteiger partial charge on any atom is -0.494 e. The number of nitrogens with zero attached hydrogens (tertiary/aromatic N) is 4. The van der Waals surface area contributed by atoms with E-state index in [9.17, 15) is 0 Å². The van der Waals surface area contributed by atoms with E-state index in [2.05, 4.69) is 34.3 Å². The first-order valence-electron chi connectivity index (χ1n) is 13.5. The number of benzene rings is 2. The van der Waals surface area contributed by atoms with Crippen molar-refractivity contribution in [2.45, 2.75) is 84.5 Å². The summed E-state index contributed by atoms with van der Waals surface area (Å²) in [5, 5.41) is 18.3. The molecule has 3 aromatic rings. The van der Waals surface area contributed by atoms with Crippen LogP contribution in [-0.2, 0) is 0 Å². The summed E-state index contributed by atoms with van der Waals surface area (Å²) in [4.78, 5) is 0. The zero-order valence-electron chi connectivity index (χ0n) is 21.8. The van der Waals surface area contributed by atoms with E-state index in [0.717, 1.165) is 53.8 Å². The molecule has 0 fully saturated rings. The van der Waals surface area contributed by atoms with Crippen LogP contribution in [0.5, 0.6) is 11.5 Å². The predicted octanol–water partition coefficient (Wildman–Crippen LogP) is 9.71. The summed E-state index contributed by atoms with van der Waals surface area (Å²) in [5.74, 6) is 1.75. The van der Waals surface area contributed by atoms with E-state index in [-0.39, 0.29) is 0 Å². The van der Waals surface area contributed by atoms with Crippen molar-refractivity contribution in [1.29, 1.82) is 0 Å². The topological polar surface area (TPSA) is 69.0 Å². The van der Waals surface area contributed by atoms with Gasteiger partial charge in [0.2, 0.25) is 0 Å². The first-order valence-corrected chi connectivity index (χ1v) is 14.3. The van der Waals surface area contributed by atoms with Crippen LogP contribution < -0.4 is 9.47 Å². The minimum absolute atomic E-state index is 0.528. The third-order valence-corrected chi connectivity index (χ3v) is 6.74. The fraction of sp³-hybridized carbons (Fsp3) is 0.517. The lowest BCUT2D eigenvalue weighted by atomic mass is 10.1. The predicted molar refractivity (Wildman–Crippen MR) is 149 cm³/mol. The van der Waals surface area contributed by atoms with E-state index in [0.29, 0.717) is 5.13 Å². The summed E-state index contributed by atoms with van der Waals surface area (Å²) in [6.07, 6.45) is 13.9. The molecule has 0 saturated heterocycles. The Balaban J connectivity index is 1.38. The average molecular weight is 509 g/mol. The van der Waals surface area contributed by atoms with E-state index >= 15 is 0 Å². The van der Waals surface area contributed by atoms with Gasteiger partial charge in [0.15, 0.2) is 0 Å². The Morgan fingerprint density at radius 3 is 1.78 bits per heavy atom.